The molecule has 7 nitrogen and oxygen atoms in total. The Morgan fingerprint density at radius 3 is 2.36 bits per heavy atom. The molecule has 4 rings (SSSR count). The molecule has 0 aliphatic carbocycles. The second-order valence-corrected chi connectivity index (χ2v) is 6.82. The van der Waals surface area contributed by atoms with Crippen molar-refractivity contribution in [2.24, 2.45) is 0 Å². The Morgan fingerprint density at radius 1 is 1.00 bits per heavy atom. The van der Waals surface area contributed by atoms with Crippen molar-refractivity contribution in [2.75, 3.05) is 26.2 Å². The Hall–Kier alpha value is -3.26. The summed E-state index contributed by atoms with van der Waals surface area (Å²) in [5.74, 6) is -1.39. The number of rotatable bonds is 2. The van der Waals surface area contributed by atoms with Gasteiger partial charge in [-0.05, 0) is 22.9 Å². The lowest BCUT2D eigenvalue weighted by atomic mass is 10.1. The van der Waals surface area contributed by atoms with E-state index in [1.165, 1.54) is 9.80 Å². The fourth-order valence-electron chi connectivity index (χ4n) is 3.43. The van der Waals surface area contributed by atoms with Gasteiger partial charge in [-0.3, -0.25) is 14.7 Å². The summed E-state index contributed by atoms with van der Waals surface area (Å²) in [7, 11) is 0. The zero-order valence-electron chi connectivity index (χ0n) is 15.0. The Morgan fingerprint density at radius 2 is 1.68 bits per heavy atom. The molecule has 0 spiro atoms. The Bertz CT molecular complexity index is 1030. The smallest absolute Gasteiger partial charge is 0.274 e. The summed E-state index contributed by atoms with van der Waals surface area (Å²) in [6.45, 7) is 0.657. The van der Waals surface area contributed by atoms with Crippen LogP contribution in [0.3, 0.4) is 0 Å². The highest BCUT2D eigenvalue weighted by molar-refractivity contribution is 5.98. The van der Waals surface area contributed by atoms with Crippen LogP contribution in [0.4, 0.5) is 4.39 Å². The minimum Gasteiger partial charge on any atom is -0.389 e. The van der Waals surface area contributed by atoms with Crippen LogP contribution in [0, 0.1) is 5.95 Å². The van der Waals surface area contributed by atoms with Crippen molar-refractivity contribution in [1.29, 1.82) is 0 Å². The first kappa shape index (κ1) is 18.1. The molecule has 2 aromatic carbocycles. The van der Waals surface area contributed by atoms with Crippen molar-refractivity contribution in [3.63, 3.8) is 0 Å². The van der Waals surface area contributed by atoms with Gasteiger partial charge >= 0.3 is 0 Å². The summed E-state index contributed by atoms with van der Waals surface area (Å²) in [5.41, 5.74) is 0.471. The van der Waals surface area contributed by atoms with E-state index in [4.69, 9.17) is 0 Å². The first-order valence-corrected chi connectivity index (χ1v) is 8.97. The zero-order valence-corrected chi connectivity index (χ0v) is 15.0. The highest BCUT2D eigenvalue weighted by Gasteiger charge is 2.29. The minimum atomic E-state index is -0.903. The predicted molar refractivity (Wildman–Crippen MR) is 100 cm³/mol. The number of aliphatic hydroxyl groups is 1. The lowest BCUT2D eigenvalue weighted by Gasteiger charge is -2.22. The number of hydrogen-bond donors (Lipinski definition) is 2. The SMILES string of the molecule is O=C(c1ccc2ccccc2c1)N1CCN(C(=O)c2cc(F)[nH]n2)CC(O)C1. The monoisotopic (exact) mass is 382 g/mol. The number of amides is 2. The van der Waals surface area contributed by atoms with Gasteiger partial charge < -0.3 is 14.9 Å². The highest BCUT2D eigenvalue weighted by atomic mass is 19.1. The molecule has 1 fully saturated rings. The van der Waals surface area contributed by atoms with Gasteiger partial charge in [-0.2, -0.15) is 9.49 Å². The fourth-order valence-corrected chi connectivity index (χ4v) is 3.43. The average molecular weight is 382 g/mol. The number of carbonyl (C=O) groups excluding carboxylic acids is 2. The number of benzene rings is 2. The standard InChI is InChI=1S/C20H19FN4O3/c21-18-10-17(22-23-18)20(28)25-8-7-24(11-16(26)12-25)19(27)15-6-5-13-3-1-2-4-14(13)9-15/h1-6,9-10,16,26H,7-8,11-12H2,(H,22,23). The number of β-amino-alcohol motifs (C(OH)–C–C–N with tert-alkyl or cyclic N) is 1. The number of H-pyrrole nitrogens is 1. The van der Waals surface area contributed by atoms with Crippen molar-refractivity contribution in [3.8, 4) is 0 Å². The van der Waals surface area contributed by atoms with Crippen molar-refractivity contribution < 1.29 is 19.1 Å². The fraction of sp³-hybridized carbons (Fsp3) is 0.250. The summed E-state index contributed by atoms with van der Waals surface area (Å²) in [6, 6.07) is 14.2. The molecule has 1 aliphatic heterocycles. The van der Waals surface area contributed by atoms with Gasteiger partial charge in [-0.25, -0.2) is 0 Å². The number of aromatic nitrogens is 2. The van der Waals surface area contributed by atoms with Crippen LogP contribution in [0.1, 0.15) is 20.8 Å². The predicted octanol–water partition coefficient (Wildman–Crippen LogP) is 1.66. The number of hydrogen-bond acceptors (Lipinski definition) is 4. The van der Waals surface area contributed by atoms with E-state index in [1.54, 1.807) is 6.07 Å². The summed E-state index contributed by atoms with van der Waals surface area (Å²) in [6.07, 6.45) is -0.903. The van der Waals surface area contributed by atoms with Gasteiger partial charge in [-0.1, -0.05) is 30.3 Å². The van der Waals surface area contributed by atoms with Crippen LogP contribution in [0.15, 0.2) is 48.5 Å². The average Bonchev–Trinajstić information content (AvgIpc) is 3.04. The summed E-state index contributed by atoms with van der Waals surface area (Å²) in [4.78, 5) is 28.3. The van der Waals surface area contributed by atoms with E-state index in [-0.39, 0.29) is 37.8 Å². The lowest BCUT2D eigenvalue weighted by Crippen LogP contribution is -2.38. The third-order valence-electron chi connectivity index (χ3n) is 4.84. The first-order chi connectivity index (χ1) is 13.5. The second-order valence-electron chi connectivity index (χ2n) is 6.82. The molecular formula is C20H19FN4O3. The van der Waals surface area contributed by atoms with Gasteiger partial charge in [-0.15, -0.1) is 0 Å². The molecule has 3 aromatic rings. The molecule has 2 amide bonds. The van der Waals surface area contributed by atoms with E-state index in [2.05, 4.69) is 10.2 Å². The van der Waals surface area contributed by atoms with Gasteiger partial charge in [0, 0.05) is 37.8 Å². The van der Waals surface area contributed by atoms with Crippen LogP contribution in [0.25, 0.3) is 10.8 Å². The highest BCUT2D eigenvalue weighted by Crippen LogP contribution is 2.18. The van der Waals surface area contributed by atoms with Gasteiger partial charge in [0.25, 0.3) is 11.8 Å². The maximum Gasteiger partial charge on any atom is 0.274 e. The molecule has 1 aromatic heterocycles. The van der Waals surface area contributed by atoms with Crippen molar-refractivity contribution in [2.45, 2.75) is 6.10 Å². The van der Waals surface area contributed by atoms with Crippen LogP contribution in [0.5, 0.6) is 0 Å². The molecule has 1 unspecified atom stereocenters. The quantitative estimate of drug-likeness (QED) is 0.706. The normalized spacial score (nSPS) is 17.6. The molecular weight excluding hydrogens is 363 g/mol. The van der Waals surface area contributed by atoms with E-state index in [0.717, 1.165) is 16.8 Å². The molecule has 1 saturated heterocycles. The largest absolute Gasteiger partial charge is 0.389 e. The van der Waals surface area contributed by atoms with Gasteiger partial charge in [0.15, 0.2) is 5.69 Å². The van der Waals surface area contributed by atoms with Gasteiger partial charge in [0.2, 0.25) is 5.95 Å². The maximum atomic E-state index is 13.1. The number of nitrogens with one attached hydrogen (secondary N) is 1. The van der Waals surface area contributed by atoms with Crippen molar-refractivity contribution in [3.05, 3.63) is 65.7 Å². The van der Waals surface area contributed by atoms with Gasteiger partial charge in [0.1, 0.15) is 0 Å². The molecule has 2 heterocycles. The Kier molecular flexibility index (Phi) is 4.79. The Labute approximate surface area is 160 Å². The van der Waals surface area contributed by atoms with Gasteiger partial charge in [0.05, 0.1) is 6.10 Å². The summed E-state index contributed by atoms with van der Waals surface area (Å²) in [5, 5.41) is 18.0. The molecule has 0 bridgehead atoms. The van der Waals surface area contributed by atoms with Crippen LogP contribution in [-0.4, -0.2) is 69.2 Å². The molecule has 2 N–H and O–H groups in total. The number of aromatic amines is 1. The van der Waals surface area contributed by atoms with E-state index < -0.39 is 18.0 Å². The topological polar surface area (TPSA) is 89.5 Å². The molecule has 0 saturated carbocycles. The molecule has 8 heteroatoms. The number of aliphatic hydroxyl groups excluding tert-OH is 1. The molecule has 144 valence electrons. The molecule has 0 radical (unpaired) electrons. The molecule has 1 atom stereocenters. The first-order valence-electron chi connectivity index (χ1n) is 8.97. The summed E-state index contributed by atoms with van der Waals surface area (Å²) >= 11 is 0. The number of nitrogens with zero attached hydrogens (tertiary/aromatic N) is 3. The van der Waals surface area contributed by atoms with Crippen LogP contribution in [-0.2, 0) is 0 Å². The minimum absolute atomic E-state index is 0.0504. The zero-order chi connectivity index (χ0) is 19.7. The number of fused-ring (bicyclic) bond motifs is 1. The van der Waals surface area contributed by atoms with Crippen molar-refractivity contribution in [1.82, 2.24) is 20.0 Å². The number of carbonyl (C=O) groups is 2. The Balaban J connectivity index is 1.51. The van der Waals surface area contributed by atoms with Crippen molar-refractivity contribution >= 4 is 22.6 Å². The van der Waals surface area contributed by atoms with E-state index in [9.17, 15) is 19.1 Å². The van der Waals surface area contributed by atoms with E-state index >= 15 is 0 Å². The van der Waals surface area contributed by atoms with E-state index in [0.29, 0.717) is 5.56 Å². The number of halogens is 1. The maximum absolute atomic E-state index is 13.1. The van der Waals surface area contributed by atoms with Crippen LogP contribution < -0.4 is 0 Å². The van der Waals surface area contributed by atoms with E-state index in [1.807, 2.05) is 36.4 Å². The molecule has 1 aliphatic rings. The second kappa shape index (κ2) is 7.40. The summed E-state index contributed by atoms with van der Waals surface area (Å²) < 4.78 is 13.1. The third kappa shape index (κ3) is 3.59. The van der Waals surface area contributed by atoms with Crippen LogP contribution in [0.2, 0.25) is 0 Å². The van der Waals surface area contributed by atoms with Crippen LogP contribution >= 0.6 is 0 Å². The molecule has 28 heavy (non-hydrogen) atoms. The third-order valence-corrected chi connectivity index (χ3v) is 4.84. The lowest BCUT2D eigenvalue weighted by molar-refractivity contribution is 0.0629.